The van der Waals surface area contributed by atoms with Crippen molar-refractivity contribution in [2.45, 2.75) is 13.5 Å². The second-order valence-corrected chi connectivity index (χ2v) is 4.45. The summed E-state index contributed by atoms with van der Waals surface area (Å²) in [6.45, 7) is -1.37. The first-order valence-electron chi connectivity index (χ1n) is 6.09. The molecule has 2 amide bonds. The third-order valence-corrected chi connectivity index (χ3v) is 2.65. The molecule has 0 aliphatic heterocycles. The summed E-state index contributed by atoms with van der Waals surface area (Å²) >= 11 is 0. The normalized spacial score (nSPS) is 11.9. The van der Waals surface area contributed by atoms with Crippen LogP contribution in [-0.4, -0.2) is 42.2 Å². The van der Waals surface area contributed by atoms with Crippen molar-refractivity contribution in [1.29, 1.82) is 0 Å². The molecule has 0 heterocycles. The molecule has 1 aromatic carbocycles. The Morgan fingerprint density at radius 2 is 1.90 bits per heavy atom. The van der Waals surface area contributed by atoms with E-state index in [9.17, 15) is 18.4 Å². The van der Waals surface area contributed by atoms with Crippen molar-refractivity contribution in [1.82, 2.24) is 4.90 Å². The molecular formula is C13H16F2N2O4. The summed E-state index contributed by atoms with van der Waals surface area (Å²) < 4.78 is 28.1. The number of carbonyl (C=O) groups excluding carboxylic acids is 1. The van der Waals surface area contributed by atoms with Gasteiger partial charge in [0.25, 0.3) is 0 Å². The number of anilines is 1. The summed E-state index contributed by atoms with van der Waals surface area (Å²) in [7, 11) is 1.46. The van der Waals surface area contributed by atoms with Crippen LogP contribution in [0.2, 0.25) is 0 Å². The molecule has 0 bridgehead atoms. The smallest absolute Gasteiger partial charge is 0.387 e. The first-order chi connectivity index (χ1) is 9.79. The minimum absolute atomic E-state index is 0.0177. The Morgan fingerprint density at radius 1 is 1.33 bits per heavy atom. The maximum atomic E-state index is 12.0. The number of amides is 2. The molecule has 1 aromatic rings. The van der Waals surface area contributed by atoms with E-state index in [1.54, 1.807) is 0 Å². The average Bonchev–Trinajstić information content (AvgIpc) is 2.40. The Hall–Kier alpha value is -2.38. The van der Waals surface area contributed by atoms with Crippen molar-refractivity contribution >= 4 is 17.7 Å². The van der Waals surface area contributed by atoms with Crippen molar-refractivity contribution < 1.29 is 28.2 Å². The molecule has 1 atom stereocenters. The SMILES string of the molecule is CC(CN(C)C(=O)Nc1ccc(OC(F)F)cc1)C(=O)O. The number of nitrogens with one attached hydrogen (secondary N) is 1. The van der Waals surface area contributed by atoms with Gasteiger partial charge in [0.1, 0.15) is 5.75 Å². The van der Waals surface area contributed by atoms with Gasteiger partial charge in [0.05, 0.1) is 5.92 Å². The molecule has 1 rings (SSSR count). The van der Waals surface area contributed by atoms with E-state index in [1.807, 2.05) is 0 Å². The second-order valence-electron chi connectivity index (χ2n) is 4.45. The number of aliphatic carboxylic acids is 1. The van der Waals surface area contributed by atoms with Crippen molar-refractivity contribution in [2.24, 2.45) is 5.92 Å². The number of ether oxygens (including phenoxy) is 1. The van der Waals surface area contributed by atoms with Gasteiger partial charge in [-0.3, -0.25) is 4.79 Å². The van der Waals surface area contributed by atoms with Crippen LogP contribution in [0.3, 0.4) is 0 Å². The lowest BCUT2D eigenvalue weighted by Gasteiger charge is -2.20. The molecule has 0 spiro atoms. The fraction of sp³-hybridized carbons (Fsp3) is 0.385. The summed E-state index contributed by atoms with van der Waals surface area (Å²) in [5, 5.41) is 11.3. The maximum Gasteiger partial charge on any atom is 0.387 e. The Balaban J connectivity index is 2.56. The third-order valence-electron chi connectivity index (χ3n) is 2.65. The molecular weight excluding hydrogens is 286 g/mol. The van der Waals surface area contributed by atoms with Gasteiger partial charge in [-0.25, -0.2) is 4.79 Å². The summed E-state index contributed by atoms with van der Waals surface area (Å²) in [5.41, 5.74) is 0.386. The van der Waals surface area contributed by atoms with Crippen LogP contribution in [-0.2, 0) is 4.79 Å². The van der Waals surface area contributed by atoms with E-state index in [4.69, 9.17) is 5.11 Å². The van der Waals surface area contributed by atoms with Crippen molar-refractivity contribution in [2.75, 3.05) is 18.9 Å². The van der Waals surface area contributed by atoms with Crippen LogP contribution in [0.15, 0.2) is 24.3 Å². The highest BCUT2D eigenvalue weighted by atomic mass is 19.3. The molecule has 0 aliphatic rings. The number of rotatable bonds is 6. The number of alkyl halides is 2. The predicted octanol–water partition coefficient (Wildman–Crippen LogP) is 2.47. The number of carbonyl (C=O) groups is 2. The van der Waals surface area contributed by atoms with Crippen molar-refractivity contribution in [3.8, 4) is 5.75 Å². The van der Waals surface area contributed by atoms with E-state index in [1.165, 1.54) is 43.1 Å². The zero-order valence-corrected chi connectivity index (χ0v) is 11.5. The van der Waals surface area contributed by atoms with E-state index in [0.717, 1.165) is 0 Å². The topological polar surface area (TPSA) is 78.9 Å². The van der Waals surface area contributed by atoms with E-state index in [2.05, 4.69) is 10.1 Å². The molecule has 0 aromatic heterocycles. The highest BCUT2D eigenvalue weighted by Gasteiger charge is 2.17. The standard InChI is InChI=1S/C13H16F2N2O4/c1-8(11(18)19)7-17(2)13(20)16-9-3-5-10(6-4-9)21-12(14)15/h3-6,8,12H,7H2,1-2H3,(H,16,20)(H,18,19). The molecule has 0 fully saturated rings. The van der Waals surface area contributed by atoms with Crippen molar-refractivity contribution in [3.05, 3.63) is 24.3 Å². The van der Waals surface area contributed by atoms with Gasteiger partial charge < -0.3 is 20.1 Å². The number of hydrogen-bond acceptors (Lipinski definition) is 3. The van der Waals surface area contributed by atoms with Crippen LogP contribution in [0.4, 0.5) is 19.3 Å². The summed E-state index contributed by atoms with van der Waals surface area (Å²) in [6, 6.07) is 4.91. The monoisotopic (exact) mass is 302 g/mol. The molecule has 21 heavy (non-hydrogen) atoms. The zero-order valence-electron chi connectivity index (χ0n) is 11.5. The molecule has 116 valence electrons. The Kier molecular flexibility index (Phi) is 5.89. The van der Waals surface area contributed by atoms with E-state index >= 15 is 0 Å². The summed E-state index contributed by atoms with van der Waals surface area (Å²) in [6.07, 6.45) is 0. The Morgan fingerprint density at radius 3 is 2.38 bits per heavy atom. The summed E-state index contributed by atoms with van der Waals surface area (Å²) in [5.74, 6) is -1.71. The van der Waals surface area contributed by atoms with Gasteiger partial charge in [0.15, 0.2) is 0 Å². The highest BCUT2D eigenvalue weighted by molar-refractivity contribution is 5.89. The quantitative estimate of drug-likeness (QED) is 0.846. The maximum absolute atomic E-state index is 12.0. The van der Waals surface area contributed by atoms with Gasteiger partial charge >= 0.3 is 18.6 Å². The van der Waals surface area contributed by atoms with Crippen LogP contribution in [0.1, 0.15) is 6.92 Å². The van der Waals surface area contributed by atoms with Gasteiger partial charge in [-0.05, 0) is 24.3 Å². The number of urea groups is 1. The van der Waals surface area contributed by atoms with Crippen LogP contribution in [0, 0.1) is 5.92 Å². The van der Waals surface area contributed by atoms with Crippen LogP contribution >= 0.6 is 0 Å². The van der Waals surface area contributed by atoms with Gasteiger partial charge in [0, 0.05) is 19.3 Å². The van der Waals surface area contributed by atoms with Gasteiger partial charge in [-0.15, -0.1) is 0 Å². The third kappa shape index (κ3) is 5.64. The molecule has 0 radical (unpaired) electrons. The first-order valence-corrected chi connectivity index (χ1v) is 6.09. The molecule has 0 aliphatic carbocycles. The minimum Gasteiger partial charge on any atom is -0.481 e. The number of halogens is 2. The molecule has 2 N–H and O–H groups in total. The molecule has 0 saturated carbocycles. The second kappa shape index (κ2) is 7.41. The molecule has 1 unspecified atom stereocenters. The molecule has 0 saturated heterocycles. The van der Waals surface area contributed by atoms with Crippen LogP contribution in [0.25, 0.3) is 0 Å². The largest absolute Gasteiger partial charge is 0.481 e. The van der Waals surface area contributed by atoms with Gasteiger partial charge in [-0.2, -0.15) is 8.78 Å². The molecule has 6 nitrogen and oxygen atoms in total. The minimum atomic E-state index is -2.91. The number of nitrogens with zero attached hydrogens (tertiary/aromatic N) is 1. The number of carboxylic acids is 1. The van der Waals surface area contributed by atoms with Gasteiger partial charge in [-0.1, -0.05) is 6.92 Å². The number of hydrogen-bond donors (Lipinski definition) is 2. The van der Waals surface area contributed by atoms with E-state index in [-0.39, 0.29) is 12.3 Å². The Bertz CT molecular complexity index is 493. The average molecular weight is 302 g/mol. The summed E-state index contributed by atoms with van der Waals surface area (Å²) in [4.78, 5) is 23.7. The fourth-order valence-electron chi connectivity index (χ4n) is 1.51. The lowest BCUT2D eigenvalue weighted by Crippen LogP contribution is -2.36. The number of carboxylic acid groups (broad SMARTS) is 1. The highest BCUT2D eigenvalue weighted by Crippen LogP contribution is 2.18. The lowest BCUT2D eigenvalue weighted by atomic mass is 10.2. The lowest BCUT2D eigenvalue weighted by molar-refractivity contribution is -0.141. The predicted molar refractivity (Wildman–Crippen MR) is 71.5 cm³/mol. The van der Waals surface area contributed by atoms with Gasteiger partial charge in [0.2, 0.25) is 0 Å². The van der Waals surface area contributed by atoms with Crippen LogP contribution < -0.4 is 10.1 Å². The number of benzene rings is 1. The fourth-order valence-corrected chi connectivity index (χ4v) is 1.51. The van der Waals surface area contributed by atoms with Crippen LogP contribution in [0.5, 0.6) is 5.75 Å². The first kappa shape index (κ1) is 16.7. The Labute approximate surface area is 120 Å². The van der Waals surface area contributed by atoms with Crippen molar-refractivity contribution in [3.63, 3.8) is 0 Å². The van der Waals surface area contributed by atoms with E-state index < -0.39 is 24.5 Å². The molecule has 8 heteroatoms. The van der Waals surface area contributed by atoms with E-state index in [0.29, 0.717) is 5.69 Å². The zero-order chi connectivity index (χ0) is 16.0.